The maximum atomic E-state index is 11.7. The number of nitrogen functional groups attached to an aromatic ring is 1. The van der Waals surface area contributed by atoms with Crippen molar-refractivity contribution in [1.29, 1.82) is 0 Å². The van der Waals surface area contributed by atoms with Gasteiger partial charge in [0.15, 0.2) is 0 Å². The van der Waals surface area contributed by atoms with Gasteiger partial charge in [0, 0.05) is 19.2 Å². The third kappa shape index (κ3) is 2.44. The summed E-state index contributed by atoms with van der Waals surface area (Å²) < 4.78 is 7.48. The minimum Gasteiger partial charge on any atom is -0.390 e. The minimum absolute atomic E-state index is 0.195. The highest BCUT2D eigenvalue weighted by Crippen LogP contribution is 2.27. The number of ether oxygens (including phenoxy) is 1. The molecule has 1 fully saturated rings. The molecule has 0 aromatic carbocycles. The van der Waals surface area contributed by atoms with Gasteiger partial charge >= 0.3 is 5.69 Å². The molecule has 0 spiro atoms. The van der Waals surface area contributed by atoms with Crippen LogP contribution in [0.5, 0.6) is 0 Å². The Morgan fingerprint density at radius 2 is 2.41 bits per heavy atom. The number of nitrogens with zero attached hydrogens (tertiary/aromatic N) is 2. The molecule has 3 atom stereocenters. The summed E-state index contributed by atoms with van der Waals surface area (Å²) in [6.07, 6.45) is 0.257. The molecule has 7 nitrogen and oxygen atoms in total. The van der Waals surface area contributed by atoms with E-state index in [1.165, 1.54) is 4.57 Å². The van der Waals surface area contributed by atoms with Crippen LogP contribution >= 0.6 is 22.6 Å². The van der Waals surface area contributed by atoms with Crippen molar-refractivity contribution in [1.82, 2.24) is 9.55 Å². The van der Waals surface area contributed by atoms with Crippen molar-refractivity contribution in [3.05, 3.63) is 20.3 Å². The molecule has 0 amide bonds. The summed E-state index contributed by atoms with van der Waals surface area (Å²) in [4.78, 5) is 15.3. The van der Waals surface area contributed by atoms with Crippen LogP contribution in [0.25, 0.3) is 0 Å². The normalized spacial score (nSPS) is 28.5. The van der Waals surface area contributed by atoms with E-state index in [2.05, 4.69) is 4.98 Å². The quantitative estimate of drug-likeness (QED) is 0.591. The zero-order valence-electron chi connectivity index (χ0n) is 8.91. The third-order valence-electron chi connectivity index (χ3n) is 2.68. The van der Waals surface area contributed by atoms with Crippen LogP contribution in [0.3, 0.4) is 0 Å². The lowest BCUT2D eigenvalue weighted by atomic mass is 10.2. The van der Waals surface area contributed by atoms with Crippen LogP contribution in [0.1, 0.15) is 12.6 Å². The van der Waals surface area contributed by atoms with Crippen LogP contribution in [0.4, 0.5) is 5.82 Å². The molecule has 0 radical (unpaired) electrons. The Hall–Kier alpha value is -0.710. The number of aromatic nitrogens is 2. The largest absolute Gasteiger partial charge is 0.390 e. The maximum absolute atomic E-state index is 11.7. The SMILES string of the molecule is NC[C@H]1O[C@@H](n2cc(I)c(N)nc2=O)C[C@@H]1O. The fourth-order valence-electron chi connectivity index (χ4n) is 1.76. The zero-order valence-corrected chi connectivity index (χ0v) is 11.1. The molecule has 2 heterocycles. The van der Waals surface area contributed by atoms with Gasteiger partial charge in [-0.3, -0.25) is 4.57 Å². The van der Waals surface area contributed by atoms with E-state index in [1.807, 2.05) is 22.6 Å². The lowest BCUT2D eigenvalue weighted by Crippen LogP contribution is -2.30. The molecule has 0 unspecified atom stereocenters. The van der Waals surface area contributed by atoms with E-state index in [4.69, 9.17) is 16.2 Å². The van der Waals surface area contributed by atoms with Crippen LogP contribution in [0, 0.1) is 3.57 Å². The van der Waals surface area contributed by atoms with E-state index in [0.29, 0.717) is 9.99 Å². The number of anilines is 1. The second-order valence-electron chi connectivity index (χ2n) is 3.83. The van der Waals surface area contributed by atoms with Crippen LogP contribution in [0.2, 0.25) is 0 Å². The van der Waals surface area contributed by atoms with E-state index in [-0.39, 0.29) is 12.4 Å². The maximum Gasteiger partial charge on any atom is 0.351 e. The molecule has 0 bridgehead atoms. The molecule has 1 aliphatic rings. The summed E-state index contributed by atoms with van der Waals surface area (Å²) in [5, 5.41) is 9.67. The first-order valence-corrected chi connectivity index (χ1v) is 6.18. The topological polar surface area (TPSA) is 116 Å². The van der Waals surface area contributed by atoms with Crippen molar-refractivity contribution >= 4 is 28.4 Å². The molecule has 17 heavy (non-hydrogen) atoms. The van der Waals surface area contributed by atoms with Gasteiger partial charge in [0.05, 0.1) is 15.8 Å². The molecule has 1 aromatic heterocycles. The first kappa shape index (κ1) is 12.7. The minimum atomic E-state index is -0.660. The van der Waals surface area contributed by atoms with E-state index in [0.717, 1.165) is 0 Å². The van der Waals surface area contributed by atoms with Crippen LogP contribution in [0.15, 0.2) is 11.0 Å². The third-order valence-corrected chi connectivity index (χ3v) is 3.51. The van der Waals surface area contributed by atoms with Gasteiger partial charge in [-0.15, -0.1) is 0 Å². The van der Waals surface area contributed by atoms with E-state index < -0.39 is 24.1 Å². The van der Waals surface area contributed by atoms with E-state index in [9.17, 15) is 9.90 Å². The number of rotatable bonds is 2. The molecule has 2 rings (SSSR count). The first-order chi connectivity index (χ1) is 8.02. The number of aliphatic hydroxyl groups excluding tert-OH is 1. The Labute approximate surface area is 111 Å². The highest BCUT2D eigenvalue weighted by molar-refractivity contribution is 14.1. The molecule has 0 saturated carbocycles. The van der Waals surface area contributed by atoms with Gasteiger partial charge in [0.25, 0.3) is 0 Å². The summed E-state index contributed by atoms with van der Waals surface area (Å²) in [5.41, 5.74) is 10.5. The van der Waals surface area contributed by atoms with Gasteiger partial charge in [-0.1, -0.05) is 0 Å². The van der Waals surface area contributed by atoms with Gasteiger partial charge in [0.1, 0.15) is 12.0 Å². The van der Waals surface area contributed by atoms with Crippen molar-refractivity contribution in [3.8, 4) is 0 Å². The number of aliphatic hydroxyl groups is 1. The highest BCUT2D eigenvalue weighted by Gasteiger charge is 2.34. The van der Waals surface area contributed by atoms with Crippen LogP contribution in [-0.4, -0.2) is 33.4 Å². The zero-order chi connectivity index (χ0) is 12.6. The number of hydrogen-bond donors (Lipinski definition) is 3. The summed E-state index contributed by atoms with van der Waals surface area (Å²) >= 11 is 1.98. The number of halogens is 1. The lowest BCUT2D eigenvalue weighted by Gasteiger charge is -2.15. The summed E-state index contributed by atoms with van der Waals surface area (Å²) in [7, 11) is 0. The predicted octanol–water partition coefficient (Wildman–Crippen LogP) is -0.963. The Bertz CT molecular complexity index is 478. The van der Waals surface area contributed by atoms with Gasteiger partial charge in [-0.2, -0.15) is 4.98 Å². The summed E-state index contributed by atoms with van der Waals surface area (Å²) in [6.45, 7) is 0.214. The molecule has 1 aromatic rings. The average molecular weight is 352 g/mol. The first-order valence-electron chi connectivity index (χ1n) is 5.10. The van der Waals surface area contributed by atoms with Crippen molar-refractivity contribution in [3.63, 3.8) is 0 Å². The van der Waals surface area contributed by atoms with Crippen molar-refractivity contribution in [2.75, 3.05) is 12.3 Å². The molecule has 1 aliphatic heterocycles. The smallest absolute Gasteiger partial charge is 0.351 e. The van der Waals surface area contributed by atoms with Crippen molar-refractivity contribution in [2.24, 2.45) is 5.73 Å². The van der Waals surface area contributed by atoms with E-state index >= 15 is 0 Å². The van der Waals surface area contributed by atoms with Crippen molar-refractivity contribution in [2.45, 2.75) is 24.9 Å². The highest BCUT2D eigenvalue weighted by atomic mass is 127. The Morgan fingerprint density at radius 3 is 3.00 bits per heavy atom. The van der Waals surface area contributed by atoms with Crippen molar-refractivity contribution < 1.29 is 9.84 Å². The lowest BCUT2D eigenvalue weighted by molar-refractivity contribution is -0.0151. The predicted molar refractivity (Wildman–Crippen MR) is 69.2 cm³/mol. The molecule has 0 aliphatic carbocycles. The Balaban J connectivity index is 2.30. The Kier molecular flexibility index (Phi) is 3.66. The van der Waals surface area contributed by atoms with Gasteiger partial charge in [-0.05, 0) is 22.6 Å². The molecule has 5 N–H and O–H groups in total. The second kappa shape index (κ2) is 4.88. The molecule has 1 saturated heterocycles. The van der Waals surface area contributed by atoms with Gasteiger partial charge < -0.3 is 21.3 Å². The molecule has 94 valence electrons. The summed E-state index contributed by atoms with van der Waals surface area (Å²) in [5.74, 6) is 0.195. The van der Waals surface area contributed by atoms with Crippen LogP contribution < -0.4 is 17.2 Å². The molecular formula is C9H13IN4O3. The van der Waals surface area contributed by atoms with E-state index in [1.54, 1.807) is 6.20 Å². The molecular weight excluding hydrogens is 339 g/mol. The Morgan fingerprint density at radius 1 is 1.71 bits per heavy atom. The molecule has 8 heteroatoms. The average Bonchev–Trinajstić information content (AvgIpc) is 2.65. The summed E-state index contributed by atoms with van der Waals surface area (Å²) in [6, 6.07) is 0. The number of nitrogens with two attached hydrogens (primary N) is 2. The second-order valence-corrected chi connectivity index (χ2v) is 4.99. The standard InChI is InChI=1S/C9H13IN4O3/c10-4-3-14(9(16)13-8(4)12)7-1-5(15)6(2-11)17-7/h3,5-7,15H,1-2,11H2,(H2,12,13,16)/t5-,6+,7+/m0/s1. The fourth-order valence-corrected chi connectivity index (χ4v) is 2.18. The van der Waals surface area contributed by atoms with Gasteiger partial charge in [-0.25, -0.2) is 4.79 Å². The monoisotopic (exact) mass is 352 g/mol. The van der Waals surface area contributed by atoms with Gasteiger partial charge in [0.2, 0.25) is 0 Å². The number of hydrogen-bond acceptors (Lipinski definition) is 6. The fraction of sp³-hybridized carbons (Fsp3) is 0.556. The van der Waals surface area contributed by atoms with Crippen LogP contribution in [-0.2, 0) is 4.74 Å².